The Morgan fingerprint density at radius 1 is 0.879 bits per heavy atom. The molecular weight excluding hydrogens is 438 g/mol. The van der Waals surface area contributed by atoms with Crippen molar-refractivity contribution in [1.82, 2.24) is 14.3 Å². The highest BCUT2D eigenvalue weighted by Gasteiger charge is 2.31. The third kappa shape index (κ3) is 3.95. The largest absolute Gasteiger partial charge is 0.355 e. The second-order valence-corrected chi connectivity index (χ2v) is 10.8. The van der Waals surface area contributed by atoms with Crippen molar-refractivity contribution >= 4 is 38.6 Å². The van der Waals surface area contributed by atoms with Gasteiger partial charge in [-0.05, 0) is 55.2 Å². The van der Waals surface area contributed by atoms with E-state index in [0.717, 1.165) is 23.9 Å². The topological polar surface area (TPSA) is 86.7 Å². The van der Waals surface area contributed by atoms with Crippen LogP contribution in [0.15, 0.2) is 53.4 Å². The number of amides is 1. The van der Waals surface area contributed by atoms with Crippen LogP contribution in [0.2, 0.25) is 0 Å². The second-order valence-electron chi connectivity index (χ2n) is 8.85. The molecule has 1 amide bonds. The highest BCUT2D eigenvalue weighted by molar-refractivity contribution is 7.89. The lowest BCUT2D eigenvalue weighted by atomic mass is 10.0. The van der Waals surface area contributed by atoms with Crippen LogP contribution in [0.1, 0.15) is 30.1 Å². The van der Waals surface area contributed by atoms with Crippen molar-refractivity contribution in [3.8, 4) is 0 Å². The van der Waals surface area contributed by atoms with Crippen LogP contribution < -0.4 is 9.80 Å². The van der Waals surface area contributed by atoms with Gasteiger partial charge >= 0.3 is 0 Å². The Balaban J connectivity index is 1.43. The molecule has 0 spiro atoms. The number of para-hydroxylation sites is 2. The highest BCUT2D eigenvalue weighted by Crippen LogP contribution is 2.32. The molecule has 5 rings (SSSR count). The maximum Gasteiger partial charge on any atom is 0.259 e. The smallest absolute Gasteiger partial charge is 0.259 e. The van der Waals surface area contributed by atoms with Gasteiger partial charge in [-0.25, -0.2) is 18.4 Å². The average Bonchev–Trinajstić information content (AvgIpc) is 2.83. The van der Waals surface area contributed by atoms with Crippen molar-refractivity contribution in [1.29, 1.82) is 0 Å². The summed E-state index contributed by atoms with van der Waals surface area (Å²) in [5, 5.41) is 0. The Morgan fingerprint density at radius 3 is 2.12 bits per heavy atom. The Kier molecular flexibility index (Phi) is 5.54. The summed E-state index contributed by atoms with van der Waals surface area (Å²) in [4.78, 5) is 26.7. The molecule has 0 atom stereocenters. The minimum Gasteiger partial charge on any atom is -0.355 e. The molecule has 1 fully saturated rings. The van der Waals surface area contributed by atoms with Crippen LogP contribution in [0.4, 0.5) is 11.6 Å². The summed E-state index contributed by atoms with van der Waals surface area (Å²) in [6.07, 6.45) is 1.74. The van der Waals surface area contributed by atoms with Crippen molar-refractivity contribution in [2.45, 2.75) is 24.7 Å². The van der Waals surface area contributed by atoms with E-state index in [9.17, 15) is 13.2 Å². The summed E-state index contributed by atoms with van der Waals surface area (Å²) < 4.78 is 27.6. The summed E-state index contributed by atoms with van der Waals surface area (Å²) in [6.45, 7) is 4.32. The van der Waals surface area contributed by atoms with Gasteiger partial charge in [0.2, 0.25) is 10.0 Å². The van der Waals surface area contributed by atoms with E-state index in [4.69, 9.17) is 9.97 Å². The molecule has 33 heavy (non-hydrogen) atoms. The van der Waals surface area contributed by atoms with Gasteiger partial charge in [0, 0.05) is 38.8 Å². The molecule has 0 saturated carbocycles. The number of anilines is 2. The molecule has 1 aromatic heterocycles. The van der Waals surface area contributed by atoms with Crippen LogP contribution in [0, 0.1) is 5.92 Å². The van der Waals surface area contributed by atoms with E-state index in [2.05, 4.69) is 6.92 Å². The molecule has 2 aromatic carbocycles. The third-order valence-corrected chi connectivity index (χ3v) is 8.45. The number of sulfonamides is 1. The summed E-state index contributed by atoms with van der Waals surface area (Å²) in [7, 11) is -1.62. The van der Waals surface area contributed by atoms with E-state index in [1.807, 2.05) is 36.2 Å². The van der Waals surface area contributed by atoms with Crippen molar-refractivity contribution in [2.24, 2.45) is 5.92 Å². The minimum atomic E-state index is -3.55. The van der Waals surface area contributed by atoms with Crippen molar-refractivity contribution in [3.63, 3.8) is 0 Å². The lowest BCUT2D eigenvalue weighted by Gasteiger charge is -2.33. The molecule has 2 aliphatic heterocycles. The number of rotatable bonds is 3. The summed E-state index contributed by atoms with van der Waals surface area (Å²) in [5.74, 6) is 1.51. The van der Waals surface area contributed by atoms with E-state index in [1.54, 1.807) is 21.3 Å². The van der Waals surface area contributed by atoms with Crippen molar-refractivity contribution < 1.29 is 13.2 Å². The molecule has 0 unspecified atom stereocenters. The van der Waals surface area contributed by atoms with Crippen LogP contribution in [0.5, 0.6) is 0 Å². The number of nitrogens with zero attached hydrogens (tertiary/aromatic N) is 5. The SMILES string of the molecule is CC1CCN(S(=O)(=O)c2ccc(C(=O)N3CCN(C)c4nc5ccccc5nc43)cc2)CC1. The molecule has 0 aliphatic carbocycles. The first-order chi connectivity index (χ1) is 15.8. The molecule has 3 aromatic rings. The van der Waals surface area contributed by atoms with Gasteiger partial charge in [-0.15, -0.1) is 0 Å². The standard InChI is InChI=1S/C24H27N5O3S/c1-17-11-13-28(14-12-17)33(31,32)19-9-7-18(8-10-19)24(30)29-16-15-27(2)22-23(29)26-21-6-4-3-5-20(21)25-22/h3-10,17H,11-16H2,1-2H3. The van der Waals surface area contributed by atoms with Gasteiger partial charge in [0.15, 0.2) is 11.6 Å². The number of hydrogen-bond donors (Lipinski definition) is 0. The Hall–Kier alpha value is -3.04. The minimum absolute atomic E-state index is 0.218. The van der Waals surface area contributed by atoms with Crippen LogP contribution in [-0.2, 0) is 10.0 Å². The fourth-order valence-corrected chi connectivity index (χ4v) is 5.85. The number of aromatic nitrogens is 2. The number of likely N-dealkylation sites (N-methyl/N-ethyl adjacent to an activating group) is 1. The Morgan fingerprint density at radius 2 is 1.48 bits per heavy atom. The van der Waals surface area contributed by atoms with Gasteiger partial charge in [-0.1, -0.05) is 19.1 Å². The molecule has 2 aliphatic rings. The average molecular weight is 466 g/mol. The van der Waals surface area contributed by atoms with Gasteiger partial charge in [-0.3, -0.25) is 9.69 Å². The quantitative estimate of drug-likeness (QED) is 0.591. The highest BCUT2D eigenvalue weighted by atomic mass is 32.2. The van der Waals surface area contributed by atoms with Crippen molar-refractivity contribution in [2.75, 3.05) is 43.0 Å². The lowest BCUT2D eigenvalue weighted by molar-refractivity contribution is 0.0985. The Bertz CT molecular complexity index is 1300. The maximum absolute atomic E-state index is 13.4. The number of fused-ring (bicyclic) bond motifs is 2. The third-order valence-electron chi connectivity index (χ3n) is 6.54. The second kappa shape index (κ2) is 8.39. The Labute approximate surface area is 193 Å². The zero-order valence-electron chi connectivity index (χ0n) is 18.8. The van der Waals surface area contributed by atoms with Gasteiger partial charge < -0.3 is 4.90 Å². The molecule has 1 saturated heterocycles. The molecule has 0 N–H and O–H groups in total. The lowest BCUT2D eigenvalue weighted by Crippen LogP contribution is -2.43. The first-order valence-electron chi connectivity index (χ1n) is 11.2. The first kappa shape index (κ1) is 21.8. The van der Waals surface area contributed by atoms with E-state index >= 15 is 0 Å². The number of benzene rings is 2. The zero-order chi connectivity index (χ0) is 23.2. The number of hydrogen-bond acceptors (Lipinski definition) is 6. The van der Waals surface area contributed by atoms with E-state index < -0.39 is 10.0 Å². The molecule has 3 heterocycles. The monoisotopic (exact) mass is 465 g/mol. The van der Waals surface area contributed by atoms with Gasteiger partial charge in [0.05, 0.1) is 15.9 Å². The van der Waals surface area contributed by atoms with Crippen LogP contribution >= 0.6 is 0 Å². The first-order valence-corrected chi connectivity index (χ1v) is 12.7. The summed E-state index contributed by atoms with van der Waals surface area (Å²) in [5.41, 5.74) is 1.92. The van der Waals surface area contributed by atoms with E-state index in [0.29, 0.717) is 49.3 Å². The molecule has 0 radical (unpaired) electrons. The molecular formula is C24H27N5O3S. The molecule has 9 heteroatoms. The fraction of sp³-hybridized carbons (Fsp3) is 0.375. The fourth-order valence-electron chi connectivity index (χ4n) is 4.38. The molecule has 0 bridgehead atoms. The van der Waals surface area contributed by atoms with E-state index in [1.165, 1.54) is 12.1 Å². The predicted octanol–water partition coefficient (Wildman–Crippen LogP) is 3.15. The predicted molar refractivity (Wildman–Crippen MR) is 128 cm³/mol. The van der Waals surface area contributed by atoms with Crippen LogP contribution in [0.25, 0.3) is 11.0 Å². The van der Waals surface area contributed by atoms with Crippen LogP contribution in [-0.4, -0.2) is 61.8 Å². The van der Waals surface area contributed by atoms with Gasteiger partial charge in [0.1, 0.15) is 0 Å². The molecule has 172 valence electrons. The maximum atomic E-state index is 13.4. The zero-order valence-corrected chi connectivity index (χ0v) is 19.6. The van der Waals surface area contributed by atoms with E-state index in [-0.39, 0.29) is 10.8 Å². The summed E-state index contributed by atoms with van der Waals surface area (Å²) in [6, 6.07) is 13.8. The normalized spacial score (nSPS) is 17.9. The van der Waals surface area contributed by atoms with Gasteiger partial charge in [0.25, 0.3) is 5.91 Å². The number of carbonyl (C=O) groups excluding carboxylic acids is 1. The van der Waals surface area contributed by atoms with Crippen molar-refractivity contribution in [3.05, 3.63) is 54.1 Å². The van der Waals surface area contributed by atoms with Crippen LogP contribution in [0.3, 0.4) is 0 Å². The number of carbonyl (C=O) groups is 1. The summed E-state index contributed by atoms with van der Waals surface area (Å²) >= 11 is 0. The number of piperidine rings is 1. The van der Waals surface area contributed by atoms with Gasteiger partial charge in [-0.2, -0.15) is 4.31 Å². The molecule has 8 nitrogen and oxygen atoms in total.